The van der Waals surface area contributed by atoms with Crippen LogP contribution in [0.3, 0.4) is 0 Å². The van der Waals surface area contributed by atoms with Gasteiger partial charge in [-0.2, -0.15) is 0 Å². The van der Waals surface area contributed by atoms with E-state index in [4.69, 9.17) is 32.9 Å². The highest BCUT2D eigenvalue weighted by Gasteiger charge is 2.20. The van der Waals surface area contributed by atoms with E-state index >= 15 is 0 Å². The van der Waals surface area contributed by atoms with Gasteiger partial charge in [-0.25, -0.2) is 15.0 Å². The number of aromatic nitrogens is 4. The molecule has 0 unspecified atom stereocenters. The molecule has 10 heteroatoms. The molecule has 0 radical (unpaired) electrons. The third-order valence-corrected chi connectivity index (χ3v) is 6.05. The molecule has 170 valence electrons. The third-order valence-electron chi connectivity index (χ3n) is 4.79. The van der Waals surface area contributed by atoms with Gasteiger partial charge in [-0.1, -0.05) is 35.3 Å². The highest BCUT2D eigenvalue weighted by Crippen LogP contribution is 2.40. The molecule has 0 saturated heterocycles. The maximum atomic E-state index is 9.81. The van der Waals surface area contributed by atoms with E-state index in [0.717, 1.165) is 15.6 Å². The number of aromatic amines is 1. The molecule has 33 heavy (non-hydrogen) atoms. The summed E-state index contributed by atoms with van der Waals surface area (Å²) in [4.78, 5) is 17.2. The van der Waals surface area contributed by atoms with E-state index in [1.807, 2.05) is 30.3 Å². The number of nitrogens with one attached hydrogen (secondary N) is 2. The number of phenols is 1. The Hall–Kier alpha value is -2.40. The van der Waals surface area contributed by atoms with Gasteiger partial charge in [-0.15, -0.1) is 0 Å². The number of aromatic hydroxyl groups is 1. The maximum Gasteiger partial charge on any atom is 0.223 e. The van der Waals surface area contributed by atoms with Crippen LogP contribution < -0.4 is 5.32 Å². The van der Waals surface area contributed by atoms with Gasteiger partial charge in [-0.05, 0) is 59.3 Å². The van der Waals surface area contributed by atoms with Crippen LogP contribution >= 0.6 is 45.8 Å². The molecule has 0 saturated carbocycles. The Morgan fingerprint density at radius 3 is 2.64 bits per heavy atom. The molecule has 0 bridgehead atoms. The first-order valence-electron chi connectivity index (χ1n) is 10.1. The Labute approximate surface area is 214 Å². The number of hydrogen-bond donors (Lipinski definition) is 3. The van der Waals surface area contributed by atoms with Crippen molar-refractivity contribution in [1.82, 2.24) is 19.9 Å². The average Bonchev–Trinajstić information content (AvgIpc) is 3.21. The average molecular weight is 596 g/mol. The Morgan fingerprint density at radius 2 is 1.91 bits per heavy atom. The lowest BCUT2D eigenvalue weighted by Gasteiger charge is -2.07. The van der Waals surface area contributed by atoms with E-state index < -0.39 is 0 Å². The first-order valence-corrected chi connectivity index (χ1v) is 11.9. The number of anilines is 1. The van der Waals surface area contributed by atoms with Crippen molar-refractivity contribution >= 4 is 51.7 Å². The quantitative estimate of drug-likeness (QED) is 0.164. The van der Waals surface area contributed by atoms with Crippen molar-refractivity contribution in [2.45, 2.75) is 6.42 Å². The van der Waals surface area contributed by atoms with Crippen LogP contribution in [0.4, 0.5) is 5.95 Å². The Morgan fingerprint density at radius 1 is 1.12 bits per heavy atom. The summed E-state index contributed by atoms with van der Waals surface area (Å²) >= 11 is 15.1. The van der Waals surface area contributed by atoms with Gasteiger partial charge in [0, 0.05) is 35.6 Å². The van der Waals surface area contributed by atoms with E-state index in [9.17, 15) is 5.11 Å². The van der Waals surface area contributed by atoms with Gasteiger partial charge in [-0.3, -0.25) is 0 Å². The van der Waals surface area contributed by atoms with Gasteiger partial charge in [0.1, 0.15) is 11.6 Å². The van der Waals surface area contributed by atoms with Crippen LogP contribution in [0.2, 0.25) is 10.0 Å². The van der Waals surface area contributed by atoms with Gasteiger partial charge in [0.25, 0.3) is 0 Å². The molecule has 0 fully saturated rings. The Kier molecular flexibility index (Phi) is 7.69. The summed E-state index contributed by atoms with van der Waals surface area (Å²) in [6.45, 7) is 1.34. The maximum absolute atomic E-state index is 9.81. The van der Waals surface area contributed by atoms with Crippen molar-refractivity contribution in [3.63, 3.8) is 0 Å². The second-order valence-electron chi connectivity index (χ2n) is 7.14. The highest BCUT2D eigenvalue weighted by molar-refractivity contribution is 14.1. The number of nitrogens with zero attached hydrogens (tertiary/aromatic N) is 3. The molecule has 0 aliphatic rings. The molecule has 7 nitrogen and oxygen atoms in total. The fourth-order valence-corrected chi connectivity index (χ4v) is 4.51. The monoisotopic (exact) mass is 595 g/mol. The van der Waals surface area contributed by atoms with Gasteiger partial charge in [0.05, 0.1) is 32.7 Å². The van der Waals surface area contributed by atoms with Crippen molar-refractivity contribution < 1.29 is 9.84 Å². The number of halogens is 3. The number of methoxy groups -OCH3 is 1. The van der Waals surface area contributed by atoms with Crippen molar-refractivity contribution in [2.75, 3.05) is 25.6 Å². The molecular formula is C23H20Cl2IN5O2. The van der Waals surface area contributed by atoms with E-state index in [2.05, 4.69) is 42.9 Å². The number of ether oxygens (including phenoxy) is 1. The Bertz CT molecular complexity index is 1260. The zero-order valence-corrected chi connectivity index (χ0v) is 21.2. The molecule has 3 N–H and O–H groups in total. The molecule has 0 amide bonds. The molecule has 0 aliphatic heterocycles. The number of imidazole rings is 1. The van der Waals surface area contributed by atoms with E-state index in [-0.39, 0.29) is 15.8 Å². The van der Waals surface area contributed by atoms with Crippen molar-refractivity contribution in [3.8, 4) is 39.8 Å². The molecule has 2 heterocycles. The fourth-order valence-electron chi connectivity index (χ4n) is 3.31. The van der Waals surface area contributed by atoms with Gasteiger partial charge >= 0.3 is 0 Å². The Balaban J connectivity index is 1.81. The lowest BCUT2D eigenvalue weighted by atomic mass is 10.1. The van der Waals surface area contributed by atoms with E-state index in [1.54, 1.807) is 13.3 Å². The molecule has 0 spiro atoms. The van der Waals surface area contributed by atoms with Crippen LogP contribution in [-0.4, -0.2) is 45.3 Å². The standard InChI is InChI=1S/C23H20Cl2IN5O2/c1-33-9-3-7-27-23-28-8-6-18(29-23)21-20(13-4-2-5-14(26)10-13)30-22(31-21)19-16(24)11-15(32)12-17(19)25/h2,4-6,8,10-12,32H,3,7,9H2,1H3,(H,30,31)(H,27,28,29). The van der Waals surface area contributed by atoms with E-state index in [0.29, 0.717) is 47.6 Å². The topological polar surface area (TPSA) is 96.0 Å². The lowest BCUT2D eigenvalue weighted by molar-refractivity contribution is 0.197. The summed E-state index contributed by atoms with van der Waals surface area (Å²) in [7, 11) is 1.67. The zero-order valence-electron chi connectivity index (χ0n) is 17.6. The normalized spacial score (nSPS) is 11.0. The zero-order chi connectivity index (χ0) is 23.4. The van der Waals surface area contributed by atoms with Crippen LogP contribution in [0.15, 0.2) is 48.7 Å². The summed E-state index contributed by atoms with van der Waals surface area (Å²) < 4.78 is 6.16. The minimum absolute atomic E-state index is 0.0154. The van der Waals surface area contributed by atoms with Crippen LogP contribution in [0.25, 0.3) is 34.0 Å². The summed E-state index contributed by atoms with van der Waals surface area (Å²) in [5.74, 6) is 0.967. The largest absolute Gasteiger partial charge is 0.508 e. The minimum atomic E-state index is -0.0154. The molecule has 4 rings (SSSR count). The number of H-pyrrole nitrogens is 1. The van der Waals surface area contributed by atoms with Crippen molar-refractivity contribution in [3.05, 3.63) is 62.3 Å². The van der Waals surface area contributed by atoms with Gasteiger partial charge in [0.15, 0.2) is 0 Å². The molecule has 2 aromatic carbocycles. The molecule has 4 aromatic rings. The minimum Gasteiger partial charge on any atom is -0.508 e. The first kappa shape index (κ1) is 23.7. The smallest absolute Gasteiger partial charge is 0.223 e. The van der Waals surface area contributed by atoms with Crippen LogP contribution in [0.1, 0.15) is 6.42 Å². The number of phenolic OH excluding ortho intramolecular Hbond substituents is 1. The van der Waals surface area contributed by atoms with Gasteiger partial charge in [0.2, 0.25) is 5.95 Å². The number of hydrogen-bond acceptors (Lipinski definition) is 6. The van der Waals surface area contributed by atoms with Crippen LogP contribution in [0, 0.1) is 3.57 Å². The SMILES string of the molecule is COCCCNc1nccc(-c2[nH]c(-c3c(Cl)cc(O)cc3Cl)nc2-c2cccc(I)c2)n1. The molecule has 2 aromatic heterocycles. The predicted octanol–water partition coefficient (Wildman–Crippen LogP) is 6.27. The number of benzene rings is 2. The van der Waals surface area contributed by atoms with Crippen molar-refractivity contribution in [2.24, 2.45) is 0 Å². The van der Waals surface area contributed by atoms with E-state index in [1.165, 1.54) is 12.1 Å². The second kappa shape index (κ2) is 10.7. The first-order chi connectivity index (χ1) is 16.0. The summed E-state index contributed by atoms with van der Waals surface area (Å²) in [6, 6.07) is 12.7. The predicted molar refractivity (Wildman–Crippen MR) is 140 cm³/mol. The third kappa shape index (κ3) is 5.57. The number of rotatable bonds is 8. The molecule has 0 atom stereocenters. The molecular weight excluding hydrogens is 576 g/mol. The van der Waals surface area contributed by atoms with Gasteiger partial charge < -0.3 is 20.1 Å². The molecule has 0 aliphatic carbocycles. The van der Waals surface area contributed by atoms with Crippen LogP contribution in [-0.2, 0) is 4.74 Å². The summed E-state index contributed by atoms with van der Waals surface area (Å²) in [5.41, 5.74) is 3.49. The fraction of sp³-hybridized carbons (Fsp3) is 0.174. The summed E-state index contributed by atoms with van der Waals surface area (Å²) in [5, 5.41) is 13.6. The highest BCUT2D eigenvalue weighted by atomic mass is 127. The van der Waals surface area contributed by atoms with Crippen LogP contribution in [0.5, 0.6) is 5.75 Å². The summed E-state index contributed by atoms with van der Waals surface area (Å²) in [6.07, 6.45) is 2.53. The van der Waals surface area contributed by atoms with Crippen molar-refractivity contribution in [1.29, 1.82) is 0 Å². The lowest BCUT2D eigenvalue weighted by Crippen LogP contribution is -2.07. The second-order valence-corrected chi connectivity index (χ2v) is 9.20.